The summed E-state index contributed by atoms with van der Waals surface area (Å²) in [4.78, 5) is 14.2. The van der Waals surface area contributed by atoms with Crippen LogP contribution in [0.25, 0.3) is 0 Å². The molecule has 0 saturated carbocycles. The molecule has 0 radical (unpaired) electrons. The zero-order valence-corrected chi connectivity index (χ0v) is 11.1. The number of hydrogen-bond donors (Lipinski definition) is 0. The van der Waals surface area contributed by atoms with Gasteiger partial charge < -0.3 is 4.90 Å². The number of piperidine rings is 1. The van der Waals surface area contributed by atoms with Crippen LogP contribution in [-0.2, 0) is 4.79 Å². The Morgan fingerprint density at radius 2 is 1.81 bits per heavy atom. The second kappa shape index (κ2) is 5.95. The molecule has 0 atom stereocenters. The lowest BCUT2D eigenvalue weighted by molar-refractivity contribution is -0.133. The van der Waals surface area contributed by atoms with Gasteiger partial charge in [-0.05, 0) is 49.0 Å². The summed E-state index contributed by atoms with van der Waals surface area (Å²) < 4.78 is 0. The van der Waals surface area contributed by atoms with Crippen molar-refractivity contribution < 1.29 is 4.79 Å². The van der Waals surface area contributed by atoms with Gasteiger partial charge >= 0.3 is 0 Å². The van der Waals surface area contributed by atoms with E-state index in [0.717, 1.165) is 25.4 Å². The summed E-state index contributed by atoms with van der Waals surface area (Å²) in [5.41, 5.74) is 0. The van der Waals surface area contributed by atoms with E-state index < -0.39 is 0 Å². The molecule has 92 valence electrons. The highest BCUT2D eigenvalue weighted by molar-refractivity contribution is 7.99. The third-order valence-electron chi connectivity index (χ3n) is 3.94. The third-order valence-corrected chi connectivity index (χ3v) is 4.99. The maximum absolute atomic E-state index is 12.1. The summed E-state index contributed by atoms with van der Waals surface area (Å²) in [6.45, 7) is 4.29. The summed E-state index contributed by atoms with van der Waals surface area (Å²) in [5, 5.41) is 0. The van der Waals surface area contributed by atoms with Crippen molar-refractivity contribution in [2.75, 3.05) is 24.6 Å². The monoisotopic (exact) mass is 241 g/mol. The zero-order chi connectivity index (χ0) is 11.4. The summed E-state index contributed by atoms with van der Waals surface area (Å²) in [7, 11) is 0. The molecule has 2 aliphatic rings. The summed E-state index contributed by atoms with van der Waals surface area (Å²) >= 11 is 2.04. The molecule has 16 heavy (non-hydrogen) atoms. The van der Waals surface area contributed by atoms with Crippen LogP contribution in [0.3, 0.4) is 0 Å². The topological polar surface area (TPSA) is 20.3 Å². The summed E-state index contributed by atoms with van der Waals surface area (Å²) in [6.07, 6.45) is 5.72. The number of likely N-dealkylation sites (tertiary alicyclic amines) is 1. The van der Waals surface area contributed by atoms with Crippen molar-refractivity contribution >= 4 is 17.7 Å². The first kappa shape index (κ1) is 12.3. The molecular weight excluding hydrogens is 218 g/mol. The molecule has 2 heterocycles. The van der Waals surface area contributed by atoms with Crippen molar-refractivity contribution in [3.63, 3.8) is 0 Å². The summed E-state index contributed by atoms with van der Waals surface area (Å²) in [6, 6.07) is 0. The number of amides is 1. The quantitative estimate of drug-likeness (QED) is 0.741. The standard InChI is InChI=1S/C13H23NOS/c1-11-2-6-14(7-3-11)13(15)10-12-4-8-16-9-5-12/h11-12H,2-10H2,1H3. The normalized spacial score (nSPS) is 24.7. The van der Waals surface area contributed by atoms with E-state index in [1.807, 2.05) is 11.8 Å². The fourth-order valence-corrected chi connectivity index (χ4v) is 3.79. The Labute approximate surface area is 103 Å². The predicted molar refractivity (Wildman–Crippen MR) is 69.6 cm³/mol. The predicted octanol–water partition coefficient (Wildman–Crippen LogP) is 2.78. The van der Waals surface area contributed by atoms with Crippen LogP contribution >= 0.6 is 11.8 Å². The van der Waals surface area contributed by atoms with Crippen molar-refractivity contribution in [3.05, 3.63) is 0 Å². The molecule has 2 fully saturated rings. The van der Waals surface area contributed by atoms with Gasteiger partial charge in [-0.1, -0.05) is 6.92 Å². The van der Waals surface area contributed by atoms with E-state index in [1.54, 1.807) is 0 Å². The van der Waals surface area contributed by atoms with Gasteiger partial charge in [0.2, 0.25) is 5.91 Å². The Bertz CT molecular complexity index is 230. The van der Waals surface area contributed by atoms with Crippen LogP contribution in [0.15, 0.2) is 0 Å². The molecule has 0 spiro atoms. The van der Waals surface area contributed by atoms with Gasteiger partial charge in [-0.25, -0.2) is 0 Å². The van der Waals surface area contributed by atoms with Crippen LogP contribution < -0.4 is 0 Å². The molecule has 2 aliphatic heterocycles. The fourth-order valence-electron chi connectivity index (χ4n) is 2.58. The maximum atomic E-state index is 12.1. The molecule has 0 N–H and O–H groups in total. The van der Waals surface area contributed by atoms with Crippen LogP contribution in [0.2, 0.25) is 0 Å². The van der Waals surface area contributed by atoms with Gasteiger partial charge in [0.1, 0.15) is 0 Å². The Morgan fingerprint density at radius 3 is 2.44 bits per heavy atom. The van der Waals surface area contributed by atoms with Crippen molar-refractivity contribution in [1.82, 2.24) is 4.90 Å². The second-order valence-electron chi connectivity index (χ2n) is 5.32. The number of carbonyl (C=O) groups is 1. The van der Waals surface area contributed by atoms with Gasteiger partial charge in [-0.15, -0.1) is 0 Å². The number of carbonyl (C=O) groups excluding carboxylic acids is 1. The molecule has 0 aromatic heterocycles. The smallest absolute Gasteiger partial charge is 0.222 e. The van der Waals surface area contributed by atoms with Crippen molar-refractivity contribution in [1.29, 1.82) is 0 Å². The zero-order valence-electron chi connectivity index (χ0n) is 10.3. The molecule has 0 aromatic carbocycles. The van der Waals surface area contributed by atoms with Crippen LogP contribution in [0.4, 0.5) is 0 Å². The average Bonchev–Trinajstić information content (AvgIpc) is 2.31. The second-order valence-corrected chi connectivity index (χ2v) is 6.55. The van der Waals surface area contributed by atoms with Crippen molar-refractivity contribution in [3.8, 4) is 0 Å². The Morgan fingerprint density at radius 1 is 1.19 bits per heavy atom. The van der Waals surface area contributed by atoms with Gasteiger partial charge in [0.25, 0.3) is 0 Å². The molecule has 0 unspecified atom stereocenters. The molecule has 0 aromatic rings. The molecule has 1 amide bonds. The molecule has 2 nitrogen and oxygen atoms in total. The molecule has 0 bridgehead atoms. The number of thioether (sulfide) groups is 1. The van der Waals surface area contributed by atoms with Crippen LogP contribution in [0.1, 0.15) is 39.0 Å². The van der Waals surface area contributed by atoms with Crippen LogP contribution in [0, 0.1) is 11.8 Å². The first-order chi connectivity index (χ1) is 7.75. The summed E-state index contributed by atoms with van der Waals surface area (Å²) in [5.74, 6) is 4.43. The highest BCUT2D eigenvalue weighted by Gasteiger charge is 2.23. The highest BCUT2D eigenvalue weighted by atomic mass is 32.2. The van der Waals surface area contributed by atoms with E-state index in [4.69, 9.17) is 0 Å². The minimum atomic E-state index is 0.420. The minimum Gasteiger partial charge on any atom is -0.343 e. The highest BCUT2D eigenvalue weighted by Crippen LogP contribution is 2.26. The van der Waals surface area contributed by atoms with Gasteiger partial charge in [-0.2, -0.15) is 11.8 Å². The van der Waals surface area contributed by atoms with Crippen LogP contribution in [0.5, 0.6) is 0 Å². The van der Waals surface area contributed by atoms with E-state index in [-0.39, 0.29) is 0 Å². The molecule has 2 saturated heterocycles. The van der Waals surface area contributed by atoms with E-state index in [2.05, 4.69) is 11.8 Å². The van der Waals surface area contributed by atoms with E-state index in [0.29, 0.717) is 11.8 Å². The lowest BCUT2D eigenvalue weighted by Crippen LogP contribution is -2.38. The molecule has 0 aliphatic carbocycles. The molecule has 2 rings (SSSR count). The van der Waals surface area contributed by atoms with Gasteiger partial charge in [0.15, 0.2) is 0 Å². The molecular formula is C13H23NOS. The van der Waals surface area contributed by atoms with Gasteiger partial charge in [0, 0.05) is 19.5 Å². The fraction of sp³-hybridized carbons (Fsp3) is 0.923. The SMILES string of the molecule is CC1CCN(C(=O)CC2CCSCC2)CC1. The Kier molecular flexibility index (Phi) is 4.56. The first-order valence-electron chi connectivity index (χ1n) is 6.61. The third kappa shape index (κ3) is 3.41. The van der Waals surface area contributed by atoms with E-state index in [1.165, 1.54) is 37.2 Å². The Hall–Kier alpha value is -0.180. The van der Waals surface area contributed by atoms with E-state index >= 15 is 0 Å². The lowest BCUT2D eigenvalue weighted by atomic mass is 9.95. The average molecular weight is 241 g/mol. The largest absolute Gasteiger partial charge is 0.343 e. The van der Waals surface area contributed by atoms with Gasteiger partial charge in [-0.3, -0.25) is 4.79 Å². The maximum Gasteiger partial charge on any atom is 0.222 e. The number of hydrogen-bond acceptors (Lipinski definition) is 2. The van der Waals surface area contributed by atoms with E-state index in [9.17, 15) is 4.79 Å². The minimum absolute atomic E-state index is 0.420. The Balaban J connectivity index is 1.74. The van der Waals surface area contributed by atoms with Crippen LogP contribution in [-0.4, -0.2) is 35.4 Å². The first-order valence-corrected chi connectivity index (χ1v) is 7.76. The number of rotatable bonds is 2. The van der Waals surface area contributed by atoms with Crippen molar-refractivity contribution in [2.24, 2.45) is 11.8 Å². The lowest BCUT2D eigenvalue weighted by Gasteiger charge is -2.32. The van der Waals surface area contributed by atoms with Gasteiger partial charge in [0.05, 0.1) is 0 Å². The molecule has 3 heteroatoms. The number of nitrogens with zero attached hydrogens (tertiary/aromatic N) is 1. The van der Waals surface area contributed by atoms with Crippen molar-refractivity contribution in [2.45, 2.75) is 39.0 Å².